The van der Waals surface area contributed by atoms with Crippen molar-refractivity contribution in [2.24, 2.45) is 0 Å². The monoisotopic (exact) mass is 886 g/mol. The molecule has 3 aromatic heterocycles. The standard InChI is InChI=1S/C59H34N8S/c1-61-41-32-30-39(31-33-41)58-62-57(38-28-26-37(36-60)27-29-38)63-59(64-58)40-34-52(65-46-18-6-2-14-42(46)43-15-3-7-19-47(43)65)56(67-50-22-10-12-24-54(50)68-55-25-13-11-23-51(55)67)53(35-40)66-48-20-8-4-16-44(48)45-17-5-9-21-49(45)66/h2-35H. The summed E-state index contributed by atoms with van der Waals surface area (Å²) in [6.07, 6.45) is 0. The number of hydrogen-bond donors (Lipinski definition) is 0. The second kappa shape index (κ2) is 15.7. The van der Waals surface area contributed by atoms with Crippen molar-refractivity contribution >= 4 is 78.1 Å². The van der Waals surface area contributed by atoms with Gasteiger partial charge in [-0.2, -0.15) is 5.26 Å². The Morgan fingerprint density at radius 3 is 1.24 bits per heavy atom. The Kier molecular flexibility index (Phi) is 9.04. The van der Waals surface area contributed by atoms with Gasteiger partial charge in [0.1, 0.15) is 0 Å². The number of nitrogens with zero attached hydrogens (tertiary/aromatic N) is 8. The highest BCUT2D eigenvalue weighted by molar-refractivity contribution is 7.99. The van der Waals surface area contributed by atoms with Crippen LogP contribution in [-0.2, 0) is 0 Å². The molecule has 0 atom stereocenters. The van der Waals surface area contributed by atoms with Gasteiger partial charge in [0.25, 0.3) is 0 Å². The van der Waals surface area contributed by atoms with E-state index in [-0.39, 0.29) is 0 Å². The van der Waals surface area contributed by atoms with Gasteiger partial charge in [0, 0.05) is 48.0 Å². The molecule has 0 unspecified atom stereocenters. The minimum atomic E-state index is 0.459. The van der Waals surface area contributed by atoms with Crippen LogP contribution in [0.4, 0.5) is 22.7 Å². The van der Waals surface area contributed by atoms with Crippen LogP contribution in [0.1, 0.15) is 5.56 Å². The second-order valence-corrected chi connectivity index (χ2v) is 17.7. The molecule has 1 aliphatic heterocycles. The fourth-order valence-corrected chi connectivity index (χ4v) is 10.8. The molecule has 9 aromatic carbocycles. The molecule has 0 saturated heterocycles. The van der Waals surface area contributed by atoms with Gasteiger partial charge in [-0.15, -0.1) is 0 Å². The molecule has 0 spiro atoms. The van der Waals surface area contributed by atoms with Gasteiger partial charge in [-0.05, 0) is 84.9 Å². The van der Waals surface area contributed by atoms with Gasteiger partial charge in [0.05, 0.1) is 68.7 Å². The minimum Gasteiger partial charge on any atom is -0.307 e. The third-order valence-corrected chi connectivity index (χ3v) is 13.9. The molecule has 0 amide bonds. The van der Waals surface area contributed by atoms with Gasteiger partial charge in [-0.25, -0.2) is 19.8 Å². The highest BCUT2D eigenvalue weighted by atomic mass is 32.2. The molecule has 0 N–H and O–H groups in total. The Morgan fingerprint density at radius 2 is 0.809 bits per heavy atom. The molecule has 0 saturated carbocycles. The van der Waals surface area contributed by atoms with Crippen LogP contribution in [0, 0.1) is 17.9 Å². The van der Waals surface area contributed by atoms with Crippen LogP contribution >= 0.6 is 11.8 Å². The van der Waals surface area contributed by atoms with E-state index in [0.29, 0.717) is 28.7 Å². The van der Waals surface area contributed by atoms with Gasteiger partial charge >= 0.3 is 0 Å². The van der Waals surface area contributed by atoms with E-state index in [9.17, 15) is 5.26 Å². The highest BCUT2D eigenvalue weighted by Gasteiger charge is 2.32. The first-order valence-electron chi connectivity index (χ1n) is 22.2. The molecule has 316 valence electrons. The minimum absolute atomic E-state index is 0.459. The van der Waals surface area contributed by atoms with Crippen molar-refractivity contribution in [2.75, 3.05) is 4.90 Å². The summed E-state index contributed by atoms with van der Waals surface area (Å²) in [6.45, 7) is 7.63. The summed E-state index contributed by atoms with van der Waals surface area (Å²) < 4.78 is 4.81. The van der Waals surface area contributed by atoms with E-state index in [4.69, 9.17) is 21.5 Å². The maximum atomic E-state index is 9.70. The first kappa shape index (κ1) is 39.1. The zero-order chi connectivity index (χ0) is 45.3. The maximum Gasteiger partial charge on any atom is 0.187 e. The molecule has 0 aliphatic carbocycles. The quantitative estimate of drug-likeness (QED) is 0.155. The number of rotatable bonds is 6. The number of benzene rings is 9. The number of anilines is 3. The number of aromatic nitrogens is 5. The van der Waals surface area contributed by atoms with Gasteiger partial charge in [0.15, 0.2) is 23.2 Å². The van der Waals surface area contributed by atoms with E-state index in [1.807, 2.05) is 24.3 Å². The van der Waals surface area contributed by atoms with Crippen LogP contribution in [-0.4, -0.2) is 24.1 Å². The molecule has 8 nitrogen and oxygen atoms in total. The van der Waals surface area contributed by atoms with Crippen molar-refractivity contribution in [1.29, 1.82) is 5.26 Å². The third-order valence-electron chi connectivity index (χ3n) is 12.8. The number of para-hydroxylation sites is 6. The molecular weight excluding hydrogens is 853 g/mol. The predicted octanol–water partition coefficient (Wildman–Crippen LogP) is 15.4. The molecule has 0 radical (unpaired) electrons. The van der Waals surface area contributed by atoms with Crippen molar-refractivity contribution in [3.63, 3.8) is 0 Å². The van der Waals surface area contributed by atoms with Gasteiger partial charge in [0.2, 0.25) is 0 Å². The molecule has 68 heavy (non-hydrogen) atoms. The van der Waals surface area contributed by atoms with Crippen LogP contribution in [0.25, 0.3) is 94.0 Å². The van der Waals surface area contributed by atoms with E-state index in [2.05, 4.69) is 183 Å². The van der Waals surface area contributed by atoms with Gasteiger partial charge in [-0.1, -0.05) is 133 Å². The lowest BCUT2D eigenvalue weighted by atomic mass is 10.0. The Hall–Kier alpha value is -9.28. The van der Waals surface area contributed by atoms with Crippen molar-refractivity contribution in [2.45, 2.75) is 9.79 Å². The zero-order valence-electron chi connectivity index (χ0n) is 36.1. The molecule has 9 heteroatoms. The third kappa shape index (κ3) is 6.19. The maximum absolute atomic E-state index is 9.70. The summed E-state index contributed by atoms with van der Waals surface area (Å²) in [4.78, 5) is 24.1. The Balaban J connectivity index is 1.22. The van der Waals surface area contributed by atoms with Crippen LogP contribution in [0.15, 0.2) is 216 Å². The second-order valence-electron chi connectivity index (χ2n) is 16.6. The van der Waals surface area contributed by atoms with Crippen molar-refractivity contribution in [3.05, 3.63) is 223 Å². The van der Waals surface area contributed by atoms with Crippen LogP contribution < -0.4 is 4.90 Å². The largest absolute Gasteiger partial charge is 0.307 e. The zero-order valence-corrected chi connectivity index (χ0v) is 36.9. The van der Waals surface area contributed by atoms with Crippen LogP contribution in [0.3, 0.4) is 0 Å². The van der Waals surface area contributed by atoms with Crippen LogP contribution in [0.2, 0.25) is 0 Å². The molecule has 13 rings (SSSR count). The summed E-state index contributed by atoms with van der Waals surface area (Å²) in [7, 11) is 0. The summed E-state index contributed by atoms with van der Waals surface area (Å²) in [6, 6.07) is 73.2. The lowest BCUT2D eigenvalue weighted by Gasteiger charge is -2.36. The van der Waals surface area contributed by atoms with E-state index >= 15 is 0 Å². The fourth-order valence-electron chi connectivity index (χ4n) is 9.76. The normalized spacial score (nSPS) is 12.0. The number of fused-ring (bicyclic) bond motifs is 8. The Bertz CT molecular complexity index is 3740. The predicted molar refractivity (Wildman–Crippen MR) is 275 cm³/mol. The summed E-state index contributed by atoms with van der Waals surface area (Å²) in [5.74, 6) is 1.39. The summed E-state index contributed by atoms with van der Waals surface area (Å²) >= 11 is 1.79. The first-order chi connectivity index (χ1) is 33.6. The number of hydrogen-bond acceptors (Lipinski definition) is 6. The first-order valence-corrected chi connectivity index (χ1v) is 23.0. The molecule has 1 aliphatic rings. The van der Waals surface area contributed by atoms with Gasteiger partial charge < -0.3 is 14.0 Å². The van der Waals surface area contributed by atoms with E-state index < -0.39 is 0 Å². The topological polar surface area (TPSA) is 79.9 Å². The van der Waals surface area contributed by atoms with Crippen LogP contribution in [0.5, 0.6) is 0 Å². The summed E-state index contributed by atoms with van der Waals surface area (Å²) in [5.41, 5.74) is 12.5. The van der Waals surface area contributed by atoms with E-state index in [1.54, 1.807) is 36.0 Å². The molecule has 0 bridgehead atoms. The highest BCUT2D eigenvalue weighted by Crippen LogP contribution is 2.55. The Morgan fingerprint density at radius 1 is 0.426 bits per heavy atom. The SMILES string of the molecule is [C-]#[N+]c1ccc(-c2nc(-c3ccc(C#N)cc3)nc(-c3cc(-n4c5ccccc5c5ccccc54)c(N4c5ccccc5Sc5ccccc54)c(-n4c5ccccc5c5ccccc54)c3)n2)cc1. The lowest BCUT2D eigenvalue weighted by molar-refractivity contribution is 1.06. The number of nitriles is 1. The van der Waals surface area contributed by atoms with E-state index in [1.165, 1.54) is 0 Å². The fraction of sp³-hybridized carbons (Fsp3) is 0. The van der Waals surface area contributed by atoms with Crippen molar-refractivity contribution < 1.29 is 0 Å². The van der Waals surface area contributed by atoms with Crippen molar-refractivity contribution in [1.82, 2.24) is 24.1 Å². The molecule has 0 fully saturated rings. The van der Waals surface area contributed by atoms with Gasteiger partial charge in [-0.3, -0.25) is 0 Å². The molecular formula is C59H34N8S. The molecule has 12 aromatic rings. The Labute approximate surface area is 395 Å². The average molecular weight is 887 g/mol. The smallest absolute Gasteiger partial charge is 0.187 e. The summed E-state index contributed by atoms with van der Waals surface area (Å²) in [5, 5.41) is 14.3. The van der Waals surface area contributed by atoms with Crippen molar-refractivity contribution in [3.8, 4) is 51.6 Å². The lowest BCUT2D eigenvalue weighted by Crippen LogP contribution is -2.19. The molecule has 4 heterocycles. The average Bonchev–Trinajstić information content (AvgIpc) is 3.93. The van der Waals surface area contributed by atoms with E-state index in [0.717, 1.165) is 98.5 Å².